The van der Waals surface area contributed by atoms with Crippen LogP contribution >= 0.6 is 0 Å². The van der Waals surface area contributed by atoms with Gasteiger partial charge in [-0.05, 0) is 30.7 Å². The number of halogens is 3. The van der Waals surface area contributed by atoms with Crippen LogP contribution in [0.5, 0.6) is 0 Å². The van der Waals surface area contributed by atoms with Gasteiger partial charge in [0.15, 0.2) is 0 Å². The molecule has 0 aromatic heterocycles. The fraction of sp³-hybridized carbons (Fsp3) is 0.235. The number of rotatable bonds is 5. The van der Waals surface area contributed by atoms with Crippen molar-refractivity contribution in [3.63, 3.8) is 0 Å². The first-order valence-corrected chi connectivity index (χ1v) is 9.16. The Morgan fingerprint density at radius 1 is 1.08 bits per heavy atom. The van der Waals surface area contributed by atoms with Crippen molar-refractivity contribution in [1.29, 1.82) is 0 Å². The number of benzene rings is 2. The largest absolute Gasteiger partial charge is 0.418 e. The molecule has 2 aromatic rings. The quantitative estimate of drug-likeness (QED) is 0.818. The first-order chi connectivity index (χ1) is 12.0. The molecule has 140 valence electrons. The number of hydrogen-bond donors (Lipinski definition) is 2. The molecule has 0 bridgehead atoms. The molecule has 0 spiro atoms. The van der Waals surface area contributed by atoms with Crippen LogP contribution in [0, 0.1) is 6.92 Å². The van der Waals surface area contributed by atoms with E-state index in [1.54, 1.807) is 24.3 Å². The van der Waals surface area contributed by atoms with Gasteiger partial charge >= 0.3 is 6.18 Å². The molecule has 9 heteroatoms. The second kappa shape index (κ2) is 7.36. The van der Waals surface area contributed by atoms with E-state index < -0.39 is 33.4 Å². The molecule has 0 radical (unpaired) electrons. The molecule has 2 aromatic carbocycles. The van der Waals surface area contributed by atoms with Gasteiger partial charge in [-0.25, -0.2) is 8.42 Å². The number of aryl methyl sites for hydroxylation is 1. The third-order valence-corrected chi connectivity index (χ3v) is 4.65. The summed E-state index contributed by atoms with van der Waals surface area (Å²) in [5, 5.41) is 2.08. The van der Waals surface area contributed by atoms with Gasteiger partial charge in [0.25, 0.3) is 0 Å². The molecule has 0 heterocycles. The lowest BCUT2D eigenvalue weighted by molar-refractivity contribution is -0.136. The lowest BCUT2D eigenvalue weighted by Crippen LogP contribution is -2.17. The van der Waals surface area contributed by atoms with Crippen molar-refractivity contribution in [3.8, 4) is 0 Å². The number of carbonyl (C=O) groups is 1. The van der Waals surface area contributed by atoms with Crippen molar-refractivity contribution in [2.24, 2.45) is 0 Å². The highest BCUT2D eigenvalue weighted by Crippen LogP contribution is 2.36. The summed E-state index contributed by atoms with van der Waals surface area (Å²) in [5.41, 5.74) is -0.343. The van der Waals surface area contributed by atoms with Crippen LogP contribution in [0.4, 0.5) is 24.5 Å². The minimum absolute atomic E-state index is 0.237. The average molecular weight is 386 g/mol. The Kier molecular flexibility index (Phi) is 5.60. The first-order valence-electron chi connectivity index (χ1n) is 7.51. The van der Waals surface area contributed by atoms with Crippen LogP contribution in [0.2, 0.25) is 0 Å². The Labute approximate surface area is 149 Å². The molecular formula is C17H17F3N2O3S. The molecule has 5 nitrogen and oxygen atoms in total. The average Bonchev–Trinajstić information content (AvgIpc) is 2.49. The molecule has 2 N–H and O–H groups in total. The number of anilines is 2. The van der Waals surface area contributed by atoms with E-state index in [1.807, 2.05) is 6.92 Å². The minimum atomic E-state index is -4.75. The zero-order chi connectivity index (χ0) is 19.5. The van der Waals surface area contributed by atoms with Gasteiger partial charge < -0.3 is 5.32 Å². The minimum Gasteiger partial charge on any atom is -0.326 e. The van der Waals surface area contributed by atoms with E-state index in [0.29, 0.717) is 11.6 Å². The van der Waals surface area contributed by atoms with Crippen LogP contribution in [0.1, 0.15) is 23.6 Å². The van der Waals surface area contributed by atoms with Gasteiger partial charge in [0.2, 0.25) is 15.9 Å². The standard InChI is InChI=1S/C17H17F3N2O3S/c1-11-3-5-13(6-4-11)10-26(24,25)22-14-7-8-16(21-12(2)23)15(9-14)17(18,19)20/h3-9,22H,10H2,1-2H3,(H,21,23). The predicted octanol–water partition coefficient (Wildman–Crippen LogP) is 3.91. The second-order valence-electron chi connectivity index (χ2n) is 5.79. The molecule has 26 heavy (non-hydrogen) atoms. The van der Waals surface area contributed by atoms with Crippen molar-refractivity contribution >= 4 is 27.3 Å². The van der Waals surface area contributed by atoms with Gasteiger partial charge in [-0.2, -0.15) is 13.2 Å². The van der Waals surface area contributed by atoms with Gasteiger partial charge in [-0.1, -0.05) is 29.8 Å². The normalized spacial score (nSPS) is 11.9. The molecule has 0 unspecified atom stereocenters. The fourth-order valence-corrected chi connectivity index (χ4v) is 3.45. The third-order valence-electron chi connectivity index (χ3n) is 3.39. The van der Waals surface area contributed by atoms with Gasteiger partial charge in [0.05, 0.1) is 17.0 Å². The highest BCUT2D eigenvalue weighted by Gasteiger charge is 2.34. The van der Waals surface area contributed by atoms with E-state index in [9.17, 15) is 26.4 Å². The van der Waals surface area contributed by atoms with Crippen molar-refractivity contribution < 1.29 is 26.4 Å². The Morgan fingerprint density at radius 2 is 1.69 bits per heavy atom. The maximum atomic E-state index is 13.2. The Morgan fingerprint density at radius 3 is 2.23 bits per heavy atom. The maximum Gasteiger partial charge on any atom is 0.418 e. The smallest absolute Gasteiger partial charge is 0.326 e. The molecule has 1 amide bonds. The first kappa shape index (κ1) is 19.8. The van der Waals surface area contributed by atoms with E-state index in [1.165, 1.54) is 0 Å². The Balaban J connectivity index is 2.27. The van der Waals surface area contributed by atoms with Gasteiger partial charge in [0.1, 0.15) is 0 Å². The van der Waals surface area contributed by atoms with Crippen molar-refractivity contribution in [2.75, 3.05) is 10.0 Å². The second-order valence-corrected chi connectivity index (χ2v) is 7.51. The lowest BCUT2D eigenvalue weighted by atomic mass is 10.1. The fourth-order valence-electron chi connectivity index (χ4n) is 2.26. The zero-order valence-electron chi connectivity index (χ0n) is 14.0. The summed E-state index contributed by atoms with van der Waals surface area (Å²) >= 11 is 0. The number of hydrogen-bond acceptors (Lipinski definition) is 3. The Hall–Kier alpha value is -2.55. The van der Waals surface area contributed by atoms with E-state index >= 15 is 0 Å². The van der Waals surface area contributed by atoms with E-state index in [0.717, 1.165) is 24.6 Å². The van der Waals surface area contributed by atoms with E-state index in [-0.39, 0.29) is 11.4 Å². The summed E-state index contributed by atoms with van der Waals surface area (Å²) in [6, 6.07) is 9.58. The summed E-state index contributed by atoms with van der Waals surface area (Å²) in [7, 11) is -3.90. The molecule has 0 aliphatic heterocycles. The van der Waals surface area contributed by atoms with Crippen LogP contribution in [0.25, 0.3) is 0 Å². The molecule has 0 aliphatic carbocycles. The molecular weight excluding hydrogens is 369 g/mol. The molecule has 0 saturated heterocycles. The molecule has 0 saturated carbocycles. The summed E-state index contributed by atoms with van der Waals surface area (Å²) in [5.74, 6) is -1.04. The number of carbonyl (C=O) groups excluding carboxylic acids is 1. The van der Waals surface area contributed by atoms with Crippen LogP contribution in [0.3, 0.4) is 0 Å². The predicted molar refractivity (Wildman–Crippen MR) is 93.2 cm³/mol. The Bertz CT molecular complexity index is 908. The SMILES string of the molecule is CC(=O)Nc1ccc(NS(=O)(=O)Cc2ccc(C)cc2)cc1C(F)(F)F. The molecule has 0 aliphatic rings. The van der Waals surface area contributed by atoms with Gasteiger partial charge in [-0.15, -0.1) is 0 Å². The number of sulfonamides is 1. The van der Waals surface area contributed by atoms with Crippen molar-refractivity contribution in [2.45, 2.75) is 25.8 Å². The number of alkyl halides is 3. The molecule has 0 atom stereocenters. The van der Waals surface area contributed by atoms with Crippen LogP contribution in [0.15, 0.2) is 42.5 Å². The monoisotopic (exact) mass is 386 g/mol. The van der Waals surface area contributed by atoms with Crippen molar-refractivity contribution in [3.05, 3.63) is 59.2 Å². The number of nitrogens with one attached hydrogen (secondary N) is 2. The number of amides is 1. The van der Waals surface area contributed by atoms with Crippen molar-refractivity contribution in [1.82, 2.24) is 0 Å². The molecule has 0 fully saturated rings. The third kappa shape index (κ3) is 5.48. The maximum absolute atomic E-state index is 13.2. The topological polar surface area (TPSA) is 75.3 Å². The zero-order valence-corrected chi connectivity index (χ0v) is 14.8. The highest BCUT2D eigenvalue weighted by atomic mass is 32.2. The summed E-state index contributed by atoms with van der Waals surface area (Å²) in [6.45, 7) is 2.93. The van der Waals surface area contributed by atoms with Crippen LogP contribution < -0.4 is 10.0 Å². The van der Waals surface area contributed by atoms with Crippen LogP contribution in [-0.4, -0.2) is 14.3 Å². The van der Waals surface area contributed by atoms with E-state index in [4.69, 9.17) is 0 Å². The summed E-state index contributed by atoms with van der Waals surface area (Å²) in [4.78, 5) is 11.0. The van der Waals surface area contributed by atoms with Gasteiger partial charge in [0, 0.05) is 12.6 Å². The lowest BCUT2D eigenvalue weighted by Gasteiger charge is -2.15. The van der Waals surface area contributed by atoms with E-state index in [2.05, 4.69) is 10.0 Å². The highest BCUT2D eigenvalue weighted by molar-refractivity contribution is 7.91. The molecule has 2 rings (SSSR count). The summed E-state index contributed by atoms with van der Waals surface area (Å²) in [6.07, 6.45) is -4.75. The van der Waals surface area contributed by atoms with Gasteiger partial charge in [-0.3, -0.25) is 9.52 Å². The van der Waals surface area contributed by atoms with Crippen LogP contribution in [-0.2, 0) is 26.7 Å². The summed E-state index contributed by atoms with van der Waals surface area (Å²) < 4.78 is 66.1.